The number of rotatable bonds is 5. The van der Waals surface area contributed by atoms with Gasteiger partial charge in [0.25, 0.3) is 11.8 Å². The predicted octanol–water partition coefficient (Wildman–Crippen LogP) is 3.21. The molecule has 0 heterocycles. The maximum absolute atomic E-state index is 12.5. The van der Waals surface area contributed by atoms with E-state index in [1.165, 1.54) is 0 Å². The number of benzene rings is 2. The maximum atomic E-state index is 12.5. The van der Waals surface area contributed by atoms with Crippen molar-refractivity contribution >= 4 is 23.2 Å². The van der Waals surface area contributed by atoms with Crippen molar-refractivity contribution in [2.75, 3.05) is 24.3 Å². The van der Waals surface area contributed by atoms with Gasteiger partial charge in [0.1, 0.15) is 0 Å². The molecule has 5 heteroatoms. The molecule has 0 saturated heterocycles. The molecular weight excluding hydrogens is 314 g/mol. The Labute approximate surface area is 148 Å². The highest BCUT2D eigenvalue weighted by atomic mass is 16.2. The van der Waals surface area contributed by atoms with Gasteiger partial charge in [-0.15, -0.1) is 0 Å². The molecule has 0 unspecified atom stereocenters. The number of nitrogens with zero attached hydrogens (tertiary/aromatic N) is 1. The largest absolute Gasteiger partial charge is 0.377 e. The molecule has 0 spiro atoms. The Morgan fingerprint density at radius 3 is 2.36 bits per heavy atom. The Kier molecular flexibility index (Phi) is 4.74. The van der Waals surface area contributed by atoms with Crippen molar-refractivity contribution in [3.63, 3.8) is 0 Å². The Balaban J connectivity index is 1.85. The summed E-state index contributed by atoms with van der Waals surface area (Å²) in [5, 5.41) is 5.90. The molecule has 0 bridgehead atoms. The lowest BCUT2D eigenvalue weighted by molar-refractivity contribution is 0.0950. The van der Waals surface area contributed by atoms with E-state index in [2.05, 4.69) is 10.6 Å². The summed E-state index contributed by atoms with van der Waals surface area (Å²) >= 11 is 0. The van der Waals surface area contributed by atoms with Crippen molar-refractivity contribution in [1.29, 1.82) is 0 Å². The zero-order chi connectivity index (χ0) is 18.0. The highest BCUT2D eigenvalue weighted by Crippen LogP contribution is 2.26. The first kappa shape index (κ1) is 17.0. The van der Waals surface area contributed by atoms with Gasteiger partial charge in [-0.05, 0) is 49.6 Å². The molecule has 0 aromatic heterocycles. The topological polar surface area (TPSA) is 61.4 Å². The number of carbonyl (C=O) groups is 2. The van der Waals surface area contributed by atoms with Gasteiger partial charge >= 0.3 is 0 Å². The van der Waals surface area contributed by atoms with Crippen LogP contribution in [0.5, 0.6) is 0 Å². The van der Waals surface area contributed by atoms with Gasteiger partial charge in [-0.25, -0.2) is 0 Å². The van der Waals surface area contributed by atoms with Crippen molar-refractivity contribution in [3.8, 4) is 0 Å². The molecule has 0 aliphatic heterocycles. The van der Waals surface area contributed by atoms with Crippen LogP contribution in [0.3, 0.4) is 0 Å². The first-order chi connectivity index (χ1) is 12.0. The molecule has 1 aliphatic rings. The molecule has 5 nitrogen and oxygen atoms in total. The summed E-state index contributed by atoms with van der Waals surface area (Å²) in [4.78, 5) is 26.9. The Morgan fingerprint density at radius 1 is 1.00 bits per heavy atom. The van der Waals surface area contributed by atoms with Gasteiger partial charge in [0.2, 0.25) is 0 Å². The van der Waals surface area contributed by atoms with Crippen LogP contribution in [-0.2, 0) is 0 Å². The molecule has 25 heavy (non-hydrogen) atoms. The normalized spacial score (nSPS) is 13.2. The standard InChI is InChI=1S/C20H23N3O2/c1-13-6-4-5-7-16(13)19(24)22-15-10-11-18(23(2)3)17(12-15)20(25)21-14-8-9-14/h4-7,10-12,14H,8-9H2,1-3H3,(H,21,25)(H,22,24). The Hall–Kier alpha value is -2.82. The number of aryl methyl sites for hydroxylation is 1. The number of amides is 2. The van der Waals surface area contributed by atoms with E-state index in [1.807, 2.05) is 56.3 Å². The molecule has 2 aromatic carbocycles. The van der Waals surface area contributed by atoms with Gasteiger partial charge in [0.15, 0.2) is 0 Å². The van der Waals surface area contributed by atoms with E-state index in [1.54, 1.807) is 12.1 Å². The molecule has 1 fully saturated rings. The smallest absolute Gasteiger partial charge is 0.255 e. The second-order valence-electron chi connectivity index (χ2n) is 6.64. The molecule has 1 aliphatic carbocycles. The fourth-order valence-corrected chi connectivity index (χ4v) is 2.70. The third kappa shape index (κ3) is 3.99. The third-order valence-electron chi connectivity index (χ3n) is 4.28. The monoisotopic (exact) mass is 337 g/mol. The minimum Gasteiger partial charge on any atom is -0.377 e. The highest BCUT2D eigenvalue weighted by Gasteiger charge is 2.25. The van der Waals surface area contributed by atoms with Crippen LogP contribution in [0.4, 0.5) is 11.4 Å². The van der Waals surface area contributed by atoms with Crippen molar-refractivity contribution in [3.05, 3.63) is 59.2 Å². The van der Waals surface area contributed by atoms with Gasteiger partial charge in [0, 0.05) is 37.1 Å². The van der Waals surface area contributed by atoms with Crippen LogP contribution >= 0.6 is 0 Å². The lowest BCUT2D eigenvalue weighted by atomic mass is 10.1. The van der Waals surface area contributed by atoms with E-state index in [4.69, 9.17) is 0 Å². The van der Waals surface area contributed by atoms with E-state index in [0.717, 1.165) is 24.1 Å². The van der Waals surface area contributed by atoms with Gasteiger partial charge in [0.05, 0.1) is 5.56 Å². The third-order valence-corrected chi connectivity index (χ3v) is 4.28. The zero-order valence-corrected chi connectivity index (χ0v) is 14.8. The SMILES string of the molecule is Cc1ccccc1C(=O)Nc1ccc(N(C)C)c(C(=O)NC2CC2)c1. The second-order valence-corrected chi connectivity index (χ2v) is 6.64. The van der Waals surface area contributed by atoms with E-state index < -0.39 is 0 Å². The molecule has 2 aromatic rings. The number of anilines is 2. The summed E-state index contributed by atoms with van der Waals surface area (Å²) in [6.07, 6.45) is 2.07. The highest BCUT2D eigenvalue weighted by molar-refractivity contribution is 6.07. The Morgan fingerprint density at radius 2 is 1.72 bits per heavy atom. The second kappa shape index (κ2) is 6.97. The molecule has 2 N–H and O–H groups in total. The first-order valence-corrected chi connectivity index (χ1v) is 8.45. The number of nitrogens with one attached hydrogen (secondary N) is 2. The molecule has 2 amide bonds. The van der Waals surface area contributed by atoms with Crippen LogP contribution in [0.25, 0.3) is 0 Å². The van der Waals surface area contributed by atoms with Gasteiger partial charge < -0.3 is 15.5 Å². The van der Waals surface area contributed by atoms with Crippen LogP contribution < -0.4 is 15.5 Å². The summed E-state index contributed by atoms with van der Waals surface area (Å²) in [6.45, 7) is 1.90. The lowest BCUT2D eigenvalue weighted by Crippen LogP contribution is -2.27. The maximum Gasteiger partial charge on any atom is 0.255 e. The number of carbonyl (C=O) groups excluding carboxylic acids is 2. The van der Waals surface area contributed by atoms with E-state index in [0.29, 0.717) is 16.8 Å². The fourth-order valence-electron chi connectivity index (χ4n) is 2.70. The average molecular weight is 337 g/mol. The first-order valence-electron chi connectivity index (χ1n) is 8.45. The summed E-state index contributed by atoms with van der Waals surface area (Å²) in [6, 6.07) is 13.1. The van der Waals surface area contributed by atoms with Crippen LogP contribution in [0.15, 0.2) is 42.5 Å². The van der Waals surface area contributed by atoms with E-state index in [-0.39, 0.29) is 17.9 Å². The summed E-state index contributed by atoms with van der Waals surface area (Å²) in [5.74, 6) is -0.276. The Bertz CT molecular complexity index is 810. The minimum absolute atomic E-state index is 0.0989. The quantitative estimate of drug-likeness (QED) is 0.881. The summed E-state index contributed by atoms with van der Waals surface area (Å²) in [7, 11) is 3.80. The van der Waals surface area contributed by atoms with Crippen molar-refractivity contribution in [2.24, 2.45) is 0 Å². The number of hydrogen-bond donors (Lipinski definition) is 2. The lowest BCUT2D eigenvalue weighted by Gasteiger charge is -2.18. The van der Waals surface area contributed by atoms with Gasteiger partial charge in [-0.3, -0.25) is 9.59 Å². The van der Waals surface area contributed by atoms with Crippen LogP contribution in [0, 0.1) is 6.92 Å². The predicted molar refractivity (Wildman–Crippen MR) is 100 cm³/mol. The molecule has 1 saturated carbocycles. The average Bonchev–Trinajstić information content (AvgIpc) is 3.38. The summed E-state index contributed by atoms with van der Waals surface area (Å²) < 4.78 is 0. The number of hydrogen-bond acceptors (Lipinski definition) is 3. The zero-order valence-electron chi connectivity index (χ0n) is 14.8. The van der Waals surface area contributed by atoms with Crippen LogP contribution in [-0.4, -0.2) is 32.0 Å². The molecular formula is C20H23N3O2. The minimum atomic E-state index is -0.177. The molecule has 130 valence electrons. The summed E-state index contributed by atoms with van der Waals surface area (Å²) in [5.41, 5.74) is 3.55. The van der Waals surface area contributed by atoms with E-state index in [9.17, 15) is 9.59 Å². The van der Waals surface area contributed by atoms with Crippen LogP contribution in [0.2, 0.25) is 0 Å². The molecule has 0 radical (unpaired) electrons. The molecule has 0 atom stereocenters. The van der Waals surface area contributed by atoms with Gasteiger partial charge in [-0.2, -0.15) is 0 Å². The van der Waals surface area contributed by atoms with Crippen LogP contribution in [0.1, 0.15) is 39.1 Å². The fraction of sp³-hybridized carbons (Fsp3) is 0.300. The van der Waals surface area contributed by atoms with Crippen molar-refractivity contribution < 1.29 is 9.59 Å². The van der Waals surface area contributed by atoms with Crippen molar-refractivity contribution in [2.45, 2.75) is 25.8 Å². The van der Waals surface area contributed by atoms with Gasteiger partial charge in [-0.1, -0.05) is 18.2 Å². The molecule has 3 rings (SSSR count). The van der Waals surface area contributed by atoms with E-state index >= 15 is 0 Å². The van der Waals surface area contributed by atoms with Crippen molar-refractivity contribution in [1.82, 2.24) is 5.32 Å².